The molecule has 1 N–H and O–H groups in total. The zero-order valence-electron chi connectivity index (χ0n) is 12.8. The Hall–Kier alpha value is -1.00. The normalized spacial score (nSPS) is 30.8. The van der Waals surface area contributed by atoms with E-state index in [0.29, 0.717) is 28.8 Å². The van der Waals surface area contributed by atoms with Crippen molar-refractivity contribution in [1.82, 2.24) is 14.8 Å². The number of hydrogen-bond donors (Lipinski definition) is 1. The number of piperidine rings is 1. The standard InChI is InChI=1S/C16H24ClN3O/c1-11-5-6-12(2)20(11)14-4-3-7-19(10-14)16(21)15-8-13(17)9-18-15/h8-9,11-12,14,18H,3-7,10H2,1-2H3/t11-,12+,14-/m0/s1. The number of nitrogens with one attached hydrogen (secondary N) is 1. The van der Waals surface area contributed by atoms with Gasteiger partial charge in [0.1, 0.15) is 5.69 Å². The summed E-state index contributed by atoms with van der Waals surface area (Å²) in [6.45, 7) is 6.32. The zero-order chi connectivity index (χ0) is 15.0. The quantitative estimate of drug-likeness (QED) is 0.911. The Morgan fingerprint density at radius 1 is 1.29 bits per heavy atom. The highest BCUT2D eigenvalue weighted by molar-refractivity contribution is 6.30. The Morgan fingerprint density at radius 3 is 2.62 bits per heavy atom. The number of hydrogen-bond acceptors (Lipinski definition) is 2. The number of rotatable bonds is 2. The maximum absolute atomic E-state index is 12.6. The van der Waals surface area contributed by atoms with Crippen molar-refractivity contribution in [2.45, 2.75) is 57.7 Å². The molecule has 5 heteroatoms. The minimum absolute atomic E-state index is 0.0751. The molecule has 4 nitrogen and oxygen atoms in total. The second-order valence-electron chi connectivity index (χ2n) is 6.50. The first-order valence-corrected chi connectivity index (χ1v) is 8.34. The molecule has 3 heterocycles. The first-order chi connectivity index (χ1) is 10.1. The molecule has 2 fully saturated rings. The van der Waals surface area contributed by atoms with Crippen LogP contribution in [0.1, 0.15) is 50.0 Å². The summed E-state index contributed by atoms with van der Waals surface area (Å²) in [5.41, 5.74) is 0.600. The number of carbonyl (C=O) groups excluding carboxylic acids is 1. The van der Waals surface area contributed by atoms with E-state index in [2.05, 4.69) is 23.7 Å². The largest absolute Gasteiger partial charge is 0.356 e. The number of H-pyrrole nitrogens is 1. The molecule has 0 aromatic carbocycles. The lowest BCUT2D eigenvalue weighted by Gasteiger charge is -2.41. The number of nitrogens with zero attached hydrogens (tertiary/aromatic N) is 2. The van der Waals surface area contributed by atoms with Crippen molar-refractivity contribution >= 4 is 17.5 Å². The lowest BCUT2D eigenvalue weighted by Crippen LogP contribution is -2.52. The number of carbonyl (C=O) groups is 1. The van der Waals surface area contributed by atoms with Gasteiger partial charge in [0.2, 0.25) is 0 Å². The minimum atomic E-state index is 0.0751. The highest BCUT2D eigenvalue weighted by Crippen LogP contribution is 2.30. The first kappa shape index (κ1) is 14.9. The van der Waals surface area contributed by atoms with Crippen molar-refractivity contribution in [3.05, 3.63) is 23.0 Å². The average Bonchev–Trinajstić information content (AvgIpc) is 3.04. The molecule has 21 heavy (non-hydrogen) atoms. The monoisotopic (exact) mass is 309 g/mol. The topological polar surface area (TPSA) is 39.3 Å². The van der Waals surface area contributed by atoms with Crippen molar-refractivity contribution in [3.63, 3.8) is 0 Å². The Balaban J connectivity index is 1.69. The molecule has 0 radical (unpaired) electrons. The summed E-state index contributed by atoms with van der Waals surface area (Å²) in [7, 11) is 0. The van der Waals surface area contributed by atoms with Crippen LogP contribution in [0, 0.1) is 0 Å². The van der Waals surface area contributed by atoms with Crippen LogP contribution in [0.25, 0.3) is 0 Å². The smallest absolute Gasteiger partial charge is 0.270 e. The van der Waals surface area contributed by atoms with Crippen molar-refractivity contribution in [1.29, 1.82) is 0 Å². The molecule has 116 valence electrons. The van der Waals surface area contributed by atoms with Crippen LogP contribution in [-0.4, -0.2) is 51.9 Å². The third-order valence-electron chi connectivity index (χ3n) is 5.00. The van der Waals surface area contributed by atoms with Crippen LogP contribution >= 0.6 is 11.6 Å². The van der Waals surface area contributed by atoms with Gasteiger partial charge in [-0.2, -0.15) is 0 Å². The number of likely N-dealkylation sites (tertiary alicyclic amines) is 2. The molecule has 0 saturated carbocycles. The summed E-state index contributed by atoms with van der Waals surface area (Å²) in [4.78, 5) is 20.1. The SMILES string of the molecule is C[C@@H]1CC[C@H](C)N1[C@H]1CCCN(C(=O)c2cc(Cl)c[nH]2)C1. The van der Waals surface area contributed by atoms with Gasteiger partial charge in [0.05, 0.1) is 5.02 Å². The summed E-state index contributed by atoms with van der Waals surface area (Å²) in [5, 5.41) is 0.591. The van der Waals surface area contributed by atoms with Gasteiger partial charge in [-0.25, -0.2) is 0 Å². The van der Waals surface area contributed by atoms with Crippen molar-refractivity contribution in [2.24, 2.45) is 0 Å². The second-order valence-corrected chi connectivity index (χ2v) is 6.94. The fourth-order valence-electron chi connectivity index (χ4n) is 3.98. The van der Waals surface area contributed by atoms with Crippen molar-refractivity contribution in [2.75, 3.05) is 13.1 Å². The Labute approximate surface area is 131 Å². The average molecular weight is 310 g/mol. The summed E-state index contributed by atoms with van der Waals surface area (Å²) < 4.78 is 0. The molecule has 1 aromatic heterocycles. The van der Waals surface area contributed by atoms with Gasteiger partial charge in [0.15, 0.2) is 0 Å². The molecule has 2 saturated heterocycles. The van der Waals surface area contributed by atoms with E-state index < -0.39 is 0 Å². The number of aromatic nitrogens is 1. The molecule has 0 unspecified atom stereocenters. The van der Waals surface area contributed by atoms with Crippen LogP contribution in [0.4, 0.5) is 0 Å². The van der Waals surface area contributed by atoms with Gasteiger partial charge in [-0.05, 0) is 45.6 Å². The van der Waals surface area contributed by atoms with E-state index >= 15 is 0 Å². The van der Waals surface area contributed by atoms with Gasteiger partial charge in [-0.15, -0.1) is 0 Å². The molecular formula is C16H24ClN3O. The highest BCUT2D eigenvalue weighted by atomic mass is 35.5. The molecule has 2 aliphatic heterocycles. The highest BCUT2D eigenvalue weighted by Gasteiger charge is 2.36. The molecule has 0 spiro atoms. The molecular weight excluding hydrogens is 286 g/mol. The van der Waals surface area contributed by atoms with E-state index in [9.17, 15) is 4.79 Å². The van der Waals surface area contributed by atoms with E-state index in [1.165, 1.54) is 19.3 Å². The summed E-state index contributed by atoms with van der Waals surface area (Å²) in [5.74, 6) is 0.0751. The number of halogens is 1. The molecule has 1 amide bonds. The Bertz CT molecular complexity index is 505. The predicted molar refractivity (Wildman–Crippen MR) is 84.7 cm³/mol. The van der Waals surface area contributed by atoms with Crippen molar-refractivity contribution in [3.8, 4) is 0 Å². The van der Waals surface area contributed by atoms with Crippen LogP contribution in [0.2, 0.25) is 5.02 Å². The lowest BCUT2D eigenvalue weighted by molar-refractivity contribution is 0.0483. The van der Waals surface area contributed by atoms with Gasteiger partial charge < -0.3 is 9.88 Å². The molecule has 1 aromatic rings. The van der Waals surface area contributed by atoms with E-state index in [1.807, 2.05) is 4.90 Å². The lowest BCUT2D eigenvalue weighted by atomic mass is 10.0. The van der Waals surface area contributed by atoms with Gasteiger partial charge >= 0.3 is 0 Å². The zero-order valence-corrected chi connectivity index (χ0v) is 13.6. The van der Waals surface area contributed by atoms with Crippen LogP contribution in [0.3, 0.4) is 0 Å². The van der Waals surface area contributed by atoms with Gasteiger partial charge in [0.25, 0.3) is 5.91 Å². The maximum Gasteiger partial charge on any atom is 0.270 e. The molecule has 0 bridgehead atoms. The predicted octanol–water partition coefficient (Wildman–Crippen LogP) is 3.15. The fourth-order valence-corrected chi connectivity index (χ4v) is 4.14. The Morgan fingerprint density at radius 2 is 2.00 bits per heavy atom. The van der Waals surface area contributed by atoms with E-state index in [0.717, 1.165) is 19.5 Å². The minimum Gasteiger partial charge on any atom is -0.356 e. The molecule has 3 atom stereocenters. The summed E-state index contributed by atoms with van der Waals surface area (Å²) in [6, 6.07) is 3.50. The van der Waals surface area contributed by atoms with Gasteiger partial charge in [0, 0.05) is 37.4 Å². The first-order valence-electron chi connectivity index (χ1n) is 7.97. The van der Waals surface area contributed by atoms with Crippen LogP contribution in [0.15, 0.2) is 12.3 Å². The van der Waals surface area contributed by atoms with Crippen LogP contribution in [-0.2, 0) is 0 Å². The third kappa shape index (κ3) is 2.97. The van der Waals surface area contributed by atoms with E-state index in [4.69, 9.17) is 11.6 Å². The van der Waals surface area contributed by atoms with Gasteiger partial charge in [-0.3, -0.25) is 9.69 Å². The van der Waals surface area contributed by atoms with Gasteiger partial charge in [-0.1, -0.05) is 11.6 Å². The fraction of sp³-hybridized carbons (Fsp3) is 0.688. The van der Waals surface area contributed by atoms with Crippen LogP contribution < -0.4 is 0 Å². The molecule has 2 aliphatic rings. The summed E-state index contributed by atoms with van der Waals surface area (Å²) >= 11 is 5.90. The van der Waals surface area contributed by atoms with Crippen LogP contribution in [0.5, 0.6) is 0 Å². The molecule has 3 rings (SSSR count). The number of amides is 1. The van der Waals surface area contributed by atoms with E-state index in [-0.39, 0.29) is 5.91 Å². The third-order valence-corrected chi connectivity index (χ3v) is 5.22. The second kappa shape index (κ2) is 6.01. The van der Waals surface area contributed by atoms with E-state index in [1.54, 1.807) is 12.3 Å². The summed E-state index contributed by atoms with van der Waals surface area (Å²) in [6.07, 6.45) is 6.50. The number of aromatic amines is 1. The van der Waals surface area contributed by atoms with Crippen molar-refractivity contribution < 1.29 is 4.79 Å². The maximum atomic E-state index is 12.6. The molecule has 0 aliphatic carbocycles. The Kier molecular flexibility index (Phi) is 4.27.